The van der Waals surface area contributed by atoms with E-state index in [1.165, 1.54) is 9.79 Å². The monoisotopic (exact) mass is 206 g/mol. The molecule has 2 aliphatic rings. The SMILES string of the molecule is C1=CSc2c3c(ccc2=N1)=NCS3. The summed E-state index contributed by atoms with van der Waals surface area (Å²) in [6, 6.07) is 4.09. The van der Waals surface area contributed by atoms with Gasteiger partial charge in [-0.05, 0) is 17.5 Å². The molecule has 0 radical (unpaired) electrons. The summed E-state index contributed by atoms with van der Waals surface area (Å²) in [7, 11) is 0. The highest BCUT2D eigenvalue weighted by Gasteiger charge is 2.13. The van der Waals surface area contributed by atoms with Crippen LogP contribution in [0.1, 0.15) is 0 Å². The van der Waals surface area contributed by atoms with E-state index in [-0.39, 0.29) is 0 Å². The van der Waals surface area contributed by atoms with E-state index < -0.39 is 0 Å². The Morgan fingerprint density at radius 1 is 1.15 bits per heavy atom. The van der Waals surface area contributed by atoms with Gasteiger partial charge >= 0.3 is 0 Å². The van der Waals surface area contributed by atoms with Gasteiger partial charge in [-0.25, -0.2) is 0 Å². The van der Waals surface area contributed by atoms with Crippen LogP contribution in [0.5, 0.6) is 0 Å². The minimum Gasteiger partial charge on any atom is -0.273 e. The van der Waals surface area contributed by atoms with Crippen LogP contribution in [0, 0.1) is 0 Å². The molecule has 2 aliphatic heterocycles. The first-order chi connectivity index (χ1) is 6.45. The topological polar surface area (TPSA) is 24.7 Å². The van der Waals surface area contributed by atoms with Gasteiger partial charge in [-0.2, -0.15) is 0 Å². The normalized spacial score (nSPS) is 17.2. The Hall–Kier alpha value is -0.740. The summed E-state index contributed by atoms with van der Waals surface area (Å²) < 4.78 is 0. The van der Waals surface area contributed by atoms with Gasteiger partial charge in [0.25, 0.3) is 0 Å². The number of rotatable bonds is 0. The van der Waals surface area contributed by atoms with Crippen LogP contribution in [0.25, 0.3) is 0 Å². The van der Waals surface area contributed by atoms with E-state index in [0.717, 1.165) is 16.6 Å². The van der Waals surface area contributed by atoms with Crippen molar-refractivity contribution < 1.29 is 0 Å². The second-order valence-corrected chi connectivity index (χ2v) is 4.60. The molecule has 0 fully saturated rings. The highest BCUT2D eigenvalue weighted by atomic mass is 32.2. The molecule has 13 heavy (non-hydrogen) atoms. The lowest BCUT2D eigenvalue weighted by Gasteiger charge is -2.04. The van der Waals surface area contributed by atoms with Crippen LogP contribution in [0.2, 0.25) is 0 Å². The average molecular weight is 206 g/mol. The number of benzene rings is 1. The van der Waals surface area contributed by atoms with Crippen LogP contribution in [-0.2, 0) is 0 Å². The van der Waals surface area contributed by atoms with E-state index in [1.807, 2.05) is 17.7 Å². The highest BCUT2D eigenvalue weighted by Crippen LogP contribution is 2.29. The van der Waals surface area contributed by atoms with E-state index in [4.69, 9.17) is 0 Å². The quantitative estimate of drug-likeness (QED) is 0.643. The lowest BCUT2D eigenvalue weighted by molar-refractivity contribution is 1.07. The van der Waals surface area contributed by atoms with Crippen molar-refractivity contribution in [1.29, 1.82) is 0 Å². The first-order valence-corrected chi connectivity index (χ1v) is 5.81. The zero-order valence-electron chi connectivity index (χ0n) is 6.73. The minimum absolute atomic E-state index is 0.857. The van der Waals surface area contributed by atoms with Crippen LogP contribution in [0.4, 0.5) is 0 Å². The van der Waals surface area contributed by atoms with Gasteiger partial charge in [0.15, 0.2) is 0 Å². The van der Waals surface area contributed by atoms with Crippen molar-refractivity contribution in [3.05, 3.63) is 34.5 Å². The molecule has 0 amide bonds. The van der Waals surface area contributed by atoms with Gasteiger partial charge in [0.2, 0.25) is 0 Å². The van der Waals surface area contributed by atoms with E-state index in [2.05, 4.69) is 16.1 Å². The molecule has 0 atom stereocenters. The summed E-state index contributed by atoms with van der Waals surface area (Å²) in [6.45, 7) is 0. The van der Waals surface area contributed by atoms with Crippen molar-refractivity contribution in [3.8, 4) is 0 Å². The van der Waals surface area contributed by atoms with Crippen molar-refractivity contribution >= 4 is 23.5 Å². The predicted molar refractivity (Wildman–Crippen MR) is 54.5 cm³/mol. The molecule has 0 unspecified atom stereocenters. The average Bonchev–Trinajstić information content (AvgIpc) is 2.65. The van der Waals surface area contributed by atoms with Gasteiger partial charge in [-0.1, -0.05) is 23.5 Å². The fourth-order valence-corrected chi connectivity index (χ4v) is 3.28. The van der Waals surface area contributed by atoms with Crippen molar-refractivity contribution in [2.24, 2.45) is 9.98 Å². The van der Waals surface area contributed by atoms with Gasteiger partial charge < -0.3 is 0 Å². The fourth-order valence-electron chi connectivity index (χ4n) is 1.40. The van der Waals surface area contributed by atoms with Gasteiger partial charge in [0, 0.05) is 6.20 Å². The van der Waals surface area contributed by atoms with Gasteiger partial charge in [0.05, 0.1) is 26.4 Å². The molecular formula is C9H6N2S2. The summed E-state index contributed by atoms with van der Waals surface area (Å²) in [5, 5.41) is 4.22. The van der Waals surface area contributed by atoms with Crippen LogP contribution in [-0.4, -0.2) is 5.88 Å². The number of hydrogen-bond donors (Lipinski definition) is 0. The maximum Gasteiger partial charge on any atom is 0.0898 e. The smallest absolute Gasteiger partial charge is 0.0898 e. The molecule has 0 N–H and O–H groups in total. The molecule has 2 heterocycles. The first kappa shape index (κ1) is 7.64. The Kier molecular flexibility index (Phi) is 1.70. The van der Waals surface area contributed by atoms with Crippen LogP contribution < -0.4 is 10.7 Å². The van der Waals surface area contributed by atoms with Crippen molar-refractivity contribution in [3.63, 3.8) is 0 Å². The maximum atomic E-state index is 4.39. The molecule has 1 aromatic rings. The lowest BCUT2D eigenvalue weighted by Crippen LogP contribution is -2.14. The van der Waals surface area contributed by atoms with Gasteiger partial charge in [-0.15, -0.1) is 0 Å². The van der Waals surface area contributed by atoms with Crippen LogP contribution in [0.3, 0.4) is 0 Å². The predicted octanol–water partition coefficient (Wildman–Crippen LogP) is 1.57. The summed E-state index contributed by atoms with van der Waals surface area (Å²) in [5.41, 5.74) is 0. The third kappa shape index (κ3) is 1.13. The molecule has 0 saturated carbocycles. The van der Waals surface area contributed by atoms with Gasteiger partial charge in [0.1, 0.15) is 0 Å². The second kappa shape index (κ2) is 2.89. The summed E-state index contributed by atoms with van der Waals surface area (Å²) in [6.07, 6.45) is 1.84. The van der Waals surface area contributed by atoms with Gasteiger partial charge in [-0.3, -0.25) is 9.98 Å². The van der Waals surface area contributed by atoms with E-state index in [1.54, 1.807) is 23.5 Å². The molecule has 0 saturated heterocycles. The molecule has 1 aromatic carbocycles. The van der Waals surface area contributed by atoms with E-state index in [0.29, 0.717) is 0 Å². The standard InChI is InChI=1S/C9H6N2S2/c1-2-7-9(13-5-11-7)8-6(1)10-3-4-12-8/h1-4H,5H2. The molecule has 0 aromatic heterocycles. The molecule has 0 aliphatic carbocycles. The summed E-state index contributed by atoms with van der Waals surface area (Å²) in [5.74, 6) is 0.857. The Labute approximate surface area is 83.9 Å². The van der Waals surface area contributed by atoms with Crippen molar-refractivity contribution in [2.45, 2.75) is 9.79 Å². The molecule has 2 nitrogen and oxygen atoms in total. The van der Waals surface area contributed by atoms with E-state index in [9.17, 15) is 0 Å². The zero-order chi connectivity index (χ0) is 8.67. The number of nitrogens with zero attached hydrogens (tertiary/aromatic N) is 2. The Morgan fingerprint density at radius 2 is 2.08 bits per heavy atom. The maximum absolute atomic E-state index is 4.39. The molecule has 0 bridgehead atoms. The van der Waals surface area contributed by atoms with Crippen molar-refractivity contribution in [2.75, 3.05) is 5.88 Å². The molecule has 64 valence electrons. The fraction of sp³-hybridized carbons (Fsp3) is 0.111. The van der Waals surface area contributed by atoms with Crippen molar-refractivity contribution in [1.82, 2.24) is 0 Å². The Morgan fingerprint density at radius 3 is 3.08 bits per heavy atom. The largest absolute Gasteiger partial charge is 0.273 e. The lowest BCUT2D eigenvalue weighted by atomic mass is 10.3. The second-order valence-electron chi connectivity index (χ2n) is 2.73. The highest BCUT2D eigenvalue weighted by molar-refractivity contribution is 8.04. The minimum atomic E-state index is 0.857. The van der Waals surface area contributed by atoms with Crippen LogP contribution >= 0.6 is 23.5 Å². The summed E-state index contributed by atoms with van der Waals surface area (Å²) in [4.78, 5) is 11.3. The number of thioether (sulfide) groups is 2. The molecule has 4 heteroatoms. The molecule has 0 spiro atoms. The number of hydrogen-bond acceptors (Lipinski definition) is 4. The third-order valence-electron chi connectivity index (χ3n) is 1.97. The molecular weight excluding hydrogens is 200 g/mol. The third-order valence-corrected chi connectivity index (χ3v) is 3.97. The summed E-state index contributed by atoms with van der Waals surface area (Å²) >= 11 is 3.54. The Balaban J connectivity index is 2.41. The number of fused-ring (bicyclic) bond motifs is 3. The van der Waals surface area contributed by atoms with Crippen LogP contribution in [0.15, 0.2) is 43.5 Å². The zero-order valence-corrected chi connectivity index (χ0v) is 8.36. The van der Waals surface area contributed by atoms with E-state index >= 15 is 0 Å². The first-order valence-electron chi connectivity index (χ1n) is 3.95. The molecule has 3 rings (SSSR count). The Bertz CT molecular complexity index is 505.